The smallest absolute Gasteiger partial charge is 0.0324 e. The Bertz CT molecular complexity index is 648. The van der Waals surface area contributed by atoms with Crippen molar-refractivity contribution in [2.24, 2.45) is 82.9 Å². The maximum Gasteiger partial charge on any atom is -0.0324 e. The second-order valence-corrected chi connectivity index (χ2v) is 13.8. The van der Waals surface area contributed by atoms with Crippen molar-refractivity contribution in [2.45, 2.75) is 104 Å². The molecule has 30 heavy (non-hydrogen) atoms. The average Bonchev–Trinajstić information content (AvgIpc) is 3.25. The Morgan fingerprint density at radius 1 is 0.500 bits per heavy atom. The third kappa shape index (κ3) is 2.64. The van der Waals surface area contributed by atoms with E-state index in [0.29, 0.717) is 0 Å². The number of hydrogen-bond acceptors (Lipinski definition) is 0. The molecule has 0 heterocycles. The average molecular weight is 409 g/mol. The van der Waals surface area contributed by atoms with E-state index >= 15 is 0 Å². The van der Waals surface area contributed by atoms with Gasteiger partial charge in [0.15, 0.2) is 0 Å². The van der Waals surface area contributed by atoms with Crippen molar-refractivity contribution < 1.29 is 0 Å². The van der Waals surface area contributed by atoms with Gasteiger partial charge in [0.1, 0.15) is 0 Å². The zero-order valence-electron chi connectivity index (χ0n) is 20.0. The monoisotopic (exact) mass is 408 g/mol. The van der Waals surface area contributed by atoms with Gasteiger partial charge in [0, 0.05) is 0 Å². The van der Waals surface area contributed by atoms with Gasteiger partial charge in [-0.15, -0.1) is 0 Å². The van der Waals surface area contributed by atoms with Crippen LogP contribution in [0.1, 0.15) is 104 Å². The van der Waals surface area contributed by atoms with Crippen molar-refractivity contribution in [2.75, 3.05) is 0 Å². The molecule has 7 rings (SSSR count). The topological polar surface area (TPSA) is 0 Å². The van der Waals surface area contributed by atoms with Gasteiger partial charge in [0.2, 0.25) is 0 Å². The summed E-state index contributed by atoms with van der Waals surface area (Å²) < 4.78 is 0. The van der Waals surface area contributed by atoms with Crippen LogP contribution in [0.5, 0.6) is 0 Å². The Morgan fingerprint density at radius 3 is 1.60 bits per heavy atom. The lowest BCUT2D eigenvalue weighted by Gasteiger charge is -2.49. The SMILES string of the molecule is CCC1CCCC2C3CC4CC5C(CC4CC3C(C)C12)C1CCCC2CCCC5C21. The molecule has 0 aromatic heterocycles. The van der Waals surface area contributed by atoms with Gasteiger partial charge in [-0.3, -0.25) is 0 Å². The van der Waals surface area contributed by atoms with E-state index in [1.54, 1.807) is 83.5 Å². The van der Waals surface area contributed by atoms with Crippen molar-refractivity contribution in [3.63, 3.8) is 0 Å². The highest BCUT2D eigenvalue weighted by Gasteiger charge is 2.60. The van der Waals surface area contributed by atoms with Crippen molar-refractivity contribution in [3.8, 4) is 0 Å². The van der Waals surface area contributed by atoms with Crippen LogP contribution in [0.15, 0.2) is 0 Å². The van der Waals surface area contributed by atoms with Crippen LogP contribution in [-0.4, -0.2) is 0 Å². The number of rotatable bonds is 1. The Morgan fingerprint density at radius 2 is 1.00 bits per heavy atom. The van der Waals surface area contributed by atoms with E-state index in [-0.39, 0.29) is 0 Å². The van der Waals surface area contributed by atoms with Gasteiger partial charge < -0.3 is 0 Å². The van der Waals surface area contributed by atoms with Gasteiger partial charge in [-0.2, -0.15) is 0 Å². The van der Waals surface area contributed by atoms with Crippen molar-refractivity contribution in [3.05, 3.63) is 0 Å². The molecule has 0 N–H and O–H groups in total. The van der Waals surface area contributed by atoms with E-state index in [9.17, 15) is 0 Å². The highest BCUT2D eigenvalue weighted by Crippen LogP contribution is 2.68. The van der Waals surface area contributed by atoms with Crippen LogP contribution in [0, 0.1) is 82.9 Å². The fourth-order valence-electron chi connectivity index (χ4n) is 12.7. The summed E-state index contributed by atoms with van der Waals surface area (Å²) in [6.45, 7) is 5.22. The van der Waals surface area contributed by atoms with E-state index in [1.165, 1.54) is 36.0 Å². The summed E-state index contributed by atoms with van der Waals surface area (Å²) in [6.07, 6.45) is 22.5. The van der Waals surface area contributed by atoms with Crippen LogP contribution in [0.3, 0.4) is 0 Å². The summed E-state index contributed by atoms with van der Waals surface area (Å²) in [4.78, 5) is 0. The Kier molecular flexibility index (Phi) is 4.70. The molecule has 0 aromatic carbocycles. The quantitative estimate of drug-likeness (QED) is 0.410. The van der Waals surface area contributed by atoms with Crippen molar-refractivity contribution >= 4 is 0 Å². The largest absolute Gasteiger partial charge is 0.0651 e. The normalized spacial score (nSPS) is 61.4. The zero-order chi connectivity index (χ0) is 20.0. The molecule has 0 aliphatic heterocycles. The highest BCUT2D eigenvalue weighted by atomic mass is 14.7. The first-order valence-electron chi connectivity index (χ1n) is 14.7. The van der Waals surface area contributed by atoms with Gasteiger partial charge in [0.05, 0.1) is 0 Å². The van der Waals surface area contributed by atoms with E-state index in [4.69, 9.17) is 0 Å². The molecule has 0 spiro atoms. The second kappa shape index (κ2) is 7.25. The first kappa shape index (κ1) is 19.5. The number of fused-ring (bicyclic) bond motifs is 7. The predicted molar refractivity (Wildman–Crippen MR) is 125 cm³/mol. The van der Waals surface area contributed by atoms with Crippen LogP contribution in [0.25, 0.3) is 0 Å². The maximum atomic E-state index is 2.72. The molecule has 7 fully saturated rings. The van der Waals surface area contributed by atoms with E-state index < -0.39 is 0 Å². The van der Waals surface area contributed by atoms with Crippen LogP contribution in [0.4, 0.5) is 0 Å². The summed E-state index contributed by atoms with van der Waals surface area (Å²) in [5.41, 5.74) is 0. The lowest BCUT2D eigenvalue weighted by atomic mass is 9.56. The predicted octanol–water partition coefficient (Wildman–Crippen LogP) is 8.21. The van der Waals surface area contributed by atoms with Crippen LogP contribution < -0.4 is 0 Å². The molecule has 0 heteroatoms. The van der Waals surface area contributed by atoms with Crippen LogP contribution >= 0.6 is 0 Å². The van der Waals surface area contributed by atoms with Crippen molar-refractivity contribution in [1.29, 1.82) is 0 Å². The molecule has 0 aromatic rings. The van der Waals surface area contributed by atoms with Crippen molar-refractivity contribution in [1.82, 2.24) is 0 Å². The van der Waals surface area contributed by atoms with E-state index in [1.807, 2.05) is 0 Å². The fraction of sp³-hybridized carbons (Fsp3) is 1.00. The number of hydrogen-bond donors (Lipinski definition) is 0. The molecule has 0 bridgehead atoms. The molecule has 7 aliphatic rings. The molecule has 0 radical (unpaired) electrons. The van der Waals surface area contributed by atoms with E-state index in [0.717, 1.165) is 53.3 Å². The fourth-order valence-corrected chi connectivity index (χ4v) is 12.7. The summed E-state index contributed by atoms with van der Waals surface area (Å²) >= 11 is 0. The standard InChI is InChI=1S/C30H48/c1-3-18-7-4-10-22-26-14-21-16-28-24-12-6-9-19-8-5-11-23(30(19)24)27(28)15-20(21)13-25(26)17(2)29(18)22/h17-30H,3-16H2,1-2H3. The molecule has 7 saturated carbocycles. The van der Waals surface area contributed by atoms with Gasteiger partial charge in [-0.05, 0) is 128 Å². The summed E-state index contributed by atoms with van der Waals surface area (Å²) in [7, 11) is 0. The summed E-state index contributed by atoms with van der Waals surface area (Å²) in [5, 5.41) is 0. The van der Waals surface area contributed by atoms with Gasteiger partial charge in [0.25, 0.3) is 0 Å². The molecule has 14 atom stereocenters. The third-order valence-corrected chi connectivity index (χ3v) is 13.4. The molecular weight excluding hydrogens is 360 g/mol. The van der Waals surface area contributed by atoms with Gasteiger partial charge in [-0.1, -0.05) is 58.8 Å². The molecule has 0 saturated heterocycles. The minimum Gasteiger partial charge on any atom is -0.0651 e. The molecule has 14 unspecified atom stereocenters. The van der Waals surface area contributed by atoms with Crippen LogP contribution in [-0.2, 0) is 0 Å². The minimum atomic E-state index is 1.05. The van der Waals surface area contributed by atoms with E-state index in [2.05, 4.69) is 13.8 Å². The Balaban J connectivity index is 1.15. The molecule has 168 valence electrons. The first-order chi connectivity index (χ1) is 14.7. The Hall–Kier alpha value is 0. The van der Waals surface area contributed by atoms with Crippen LogP contribution in [0.2, 0.25) is 0 Å². The molecule has 0 amide bonds. The van der Waals surface area contributed by atoms with Gasteiger partial charge in [-0.25, -0.2) is 0 Å². The minimum absolute atomic E-state index is 1.05. The summed E-state index contributed by atoms with van der Waals surface area (Å²) in [6, 6.07) is 0. The highest BCUT2D eigenvalue weighted by molar-refractivity contribution is 5.09. The Labute approximate surface area is 186 Å². The zero-order valence-corrected chi connectivity index (χ0v) is 20.0. The lowest BCUT2D eigenvalue weighted by molar-refractivity contribution is 0.00734. The summed E-state index contributed by atoms with van der Waals surface area (Å²) in [5.74, 6) is 15.9. The van der Waals surface area contributed by atoms with Gasteiger partial charge >= 0.3 is 0 Å². The third-order valence-electron chi connectivity index (χ3n) is 13.4. The molecule has 7 aliphatic carbocycles. The first-order valence-corrected chi connectivity index (χ1v) is 14.7. The maximum absolute atomic E-state index is 2.72. The lowest BCUT2D eigenvalue weighted by Crippen LogP contribution is -2.40. The second-order valence-electron chi connectivity index (χ2n) is 13.8. The molecular formula is C30H48. The molecule has 0 nitrogen and oxygen atoms in total.